The molecule has 1 saturated heterocycles. The zero-order chi connectivity index (χ0) is 14.0. The Morgan fingerprint density at radius 2 is 2.32 bits per heavy atom. The second kappa shape index (κ2) is 5.19. The standard InChI is InChI=1S/C11H15N5O3/c12-7-2-1-3-15(6-7)11-9(10(13)17)4-8(5-14-11)16(18)19/h4-5,7H,1-3,6,12H2,(H2,13,17)/t7-/m1/s1. The van der Waals surface area contributed by atoms with E-state index in [-0.39, 0.29) is 17.3 Å². The van der Waals surface area contributed by atoms with Crippen molar-refractivity contribution in [3.63, 3.8) is 0 Å². The summed E-state index contributed by atoms with van der Waals surface area (Å²) in [6, 6.07) is 1.16. The molecule has 0 aromatic carbocycles. The minimum absolute atomic E-state index is 0.00599. The molecule has 102 valence electrons. The van der Waals surface area contributed by atoms with Crippen molar-refractivity contribution < 1.29 is 9.72 Å². The van der Waals surface area contributed by atoms with E-state index in [9.17, 15) is 14.9 Å². The monoisotopic (exact) mass is 265 g/mol. The maximum atomic E-state index is 11.4. The van der Waals surface area contributed by atoms with Gasteiger partial charge in [0, 0.05) is 25.2 Å². The molecule has 0 aliphatic carbocycles. The van der Waals surface area contributed by atoms with Gasteiger partial charge < -0.3 is 16.4 Å². The Balaban J connectivity index is 2.38. The summed E-state index contributed by atoms with van der Waals surface area (Å²) in [4.78, 5) is 27.4. The fraction of sp³-hybridized carbons (Fsp3) is 0.455. The average molecular weight is 265 g/mol. The van der Waals surface area contributed by atoms with Gasteiger partial charge >= 0.3 is 0 Å². The predicted molar refractivity (Wildman–Crippen MR) is 68.8 cm³/mol. The summed E-state index contributed by atoms with van der Waals surface area (Å²) >= 11 is 0. The van der Waals surface area contributed by atoms with Crippen LogP contribution in [0.2, 0.25) is 0 Å². The van der Waals surface area contributed by atoms with Gasteiger partial charge in [0.25, 0.3) is 11.6 Å². The van der Waals surface area contributed by atoms with Crippen LogP contribution in [-0.4, -0.2) is 34.9 Å². The molecule has 1 atom stereocenters. The largest absolute Gasteiger partial charge is 0.365 e. The van der Waals surface area contributed by atoms with Gasteiger partial charge in [-0.15, -0.1) is 0 Å². The fourth-order valence-electron chi connectivity index (χ4n) is 2.18. The number of primary amides is 1. The van der Waals surface area contributed by atoms with Crippen LogP contribution in [0.4, 0.5) is 11.5 Å². The van der Waals surface area contributed by atoms with E-state index in [2.05, 4.69) is 4.98 Å². The molecule has 4 N–H and O–H groups in total. The van der Waals surface area contributed by atoms with Gasteiger partial charge in [-0.25, -0.2) is 4.98 Å². The van der Waals surface area contributed by atoms with Gasteiger partial charge in [-0.1, -0.05) is 0 Å². The Labute approximate surface area is 109 Å². The number of hydrogen-bond acceptors (Lipinski definition) is 6. The molecule has 0 spiro atoms. The van der Waals surface area contributed by atoms with Crippen molar-refractivity contribution in [3.8, 4) is 0 Å². The number of carbonyl (C=O) groups excluding carboxylic acids is 1. The van der Waals surface area contributed by atoms with E-state index in [1.807, 2.05) is 4.90 Å². The van der Waals surface area contributed by atoms with Crippen molar-refractivity contribution in [2.75, 3.05) is 18.0 Å². The lowest BCUT2D eigenvalue weighted by molar-refractivity contribution is -0.385. The third-order valence-electron chi connectivity index (χ3n) is 3.09. The second-order valence-corrected chi connectivity index (χ2v) is 4.53. The minimum Gasteiger partial charge on any atom is -0.365 e. The highest BCUT2D eigenvalue weighted by molar-refractivity contribution is 5.98. The Bertz CT molecular complexity index is 519. The maximum Gasteiger partial charge on any atom is 0.288 e. The molecule has 2 rings (SSSR count). The summed E-state index contributed by atoms with van der Waals surface area (Å²) in [5.41, 5.74) is 10.9. The highest BCUT2D eigenvalue weighted by atomic mass is 16.6. The number of anilines is 1. The molecule has 0 saturated carbocycles. The molecular formula is C11H15N5O3. The number of nitro groups is 1. The van der Waals surface area contributed by atoms with Crippen molar-refractivity contribution in [3.05, 3.63) is 27.9 Å². The number of piperidine rings is 1. The number of amides is 1. The van der Waals surface area contributed by atoms with Gasteiger partial charge in [-0.05, 0) is 12.8 Å². The Kier molecular flexibility index (Phi) is 3.61. The molecule has 8 nitrogen and oxygen atoms in total. The van der Waals surface area contributed by atoms with E-state index in [1.54, 1.807) is 0 Å². The van der Waals surface area contributed by atoms with Crippen LogP contribution in [0.15, 0.2) is 12.3 Å². The molecule has 1 fully saturated rings. The fourth-order valence-corrected chi connectivity index (χ4v) is 2.18. The molecule has 1 aromatic heterocycles. The molecule has 0 unspecified atom stereocenters. The van der Waals surface area contributed by atoms with Gasteiger partial charge in [-0.3, -0.25) is 14.9 Å². The summed E-state index contributed by atoms with van der Waals surface area (Å²) < 4.78 is 0. The van der Waals surface area contributed by atoms with Gasteiger partial charge in [0.2, 0.25) is 0 Å². The highest BCUT2D eigenvalue weighted by Crippen LogP contribution is 2.24. The van der Waals surface area contributed by atoms with Crippen molar-refractivity contribution in [1.82, 2.24) is 4.98 Å². The topological polar surface area (TPSA) is 128 Å². The maximum absolute atomic E-state index is 11.4. The van der Waals surface area contributed by atoms with Crippen LogP contribution < -0.4 is 16.4 Å². The molecule has 1 aliphatic heterocycles. The zero-order valence-electron chi connectivity index (χ0n) is 10.3. The van der Waals surface area contributed by atoms with Crippen LogP contribution in [0.5, 0.6) is 0 Å². The molecular weight excluding hydrogens is 250 g/mol. The van der Waals surface area contributed by atoms with E-state index < -0.39 is 10.8 Å². The molecule has 1 aromatic rings. The SMILES string of the molecule is NC(=O)c1cc([N+](=O)[O-])cnc1N1CCC[C@@H](N)C1. The number of pyridine rings is 1. The third kappa shape index (κ3) is 2.79. The van der Waals surface area contributed by atoms with Crippen LogP contribution in [0.1, 0.15) is 23.2 Å². The minimum atomic E-state index is -0.731. The van der Waals surface area contributed by atoms with E-state index in [0.717, 1.165) is 25.1 Å². The molecule has 2 heterocycles. The smallest absolute Gasteiger partial charge is 0.288 e. The molecule has 0 bridgehead atoms. The summed E-state index contributed by atoms with van der Waals surface area (Å²) in [6.07, 6.45) is 2.93. The number of carbonyl (C=O) groups is 1. The van der Waals surface area contributed by atoms with Gasteiger partial charge in [0.05, 0.1) is 10.5 Å². The van der Waals surface area contributed by atoms with Crippen molar-refractivity contribution >= 4 is 17.4 Å². The number of aromatic nitrogens is 1. The van der Waals surface area contributed by atoms with Crippen LogP contribution >= 0.6 is 0 Å². The first-order chi connectivity index (χ1) is 8.99. The zero-order valence-corrected chi connectivity index (χ0v) is 10.3. The Morgan fingerprint density at radius 3 is 2.89 bits per heavy atom. The van der Waals surface area contributed by atoms with Crippen molar-refractivity contribution in [2.24, 2.45) is 11.5 Å². The van der Waals surface area contributed by atoms with E-state index in [4.69, 9.17) is 11.5 Å². The lowest BCUT2D eigenvalue weighted by Gasteiger charge is -2.32. The quantitative estimate of drug-likeness (QED) is 0.585. The lowest BCUT2D eigenvalue weighted by atomic mass is 10.1. The number of rotatable bonds is 3. The molecule has 1 aliphatic rings. The third-order valence-corrected chi connectivity index (χ3v) is 3.09. The molecule has 8 heteroatoms. The number of nitrogens with two attached hydrogens (primary N) is 2. The van der Waals surface area contributed by atoms with Crippen LogP contribution in [0.25, 0.3) is 0 Å². The van der Waals surface area contributed by atoms with Crippen LogP contribution in [-0.2, 0) is 0 Å². The first-order valence-electron chi connectivity index (χ1n) is 5.94. The van der Waals surface area contributed by atoms with Gasteiger partial charge in [-0.2, -0.15) is 0 Å². The highest BCUT2D eigenvalue weighted by Gasteiger charge is 2.24. The van der Waals surface area contributed by atoms with Crippen molar-refractivity contribution in [2.45, 2.75) is 18.9 Å². The second-order valence-electron chi connectivity index (χ2n) is 4.53. The summed E-state index contributed by atoms with van der Waals surface area (Å²) in [6.45, 7) is 1.27. The first kappa shape index (κ1) is 13.2. The van der Waals surface area contributed by atoms with E-state index >= 15 is 0 Å². The summed E-state index contributed by atoms with van der Waals surface area (Å²) in [5, 5.41) is 10.7. The summed E-state index contributed by atoms with van der Waals surface area (Å²) in [5.74, 6) is -0.362. The van der Waals surface area contributed by atoms with Gasteiger partial charge in [0.15, 0.2) is 0 Å². The average Bonchev–Trinajstić information content (AvgIpc) is 2.37. The van der Waals surface area contributed by atoms with Crippen molar-refractivity contribution in [1.29, 1.82) is 0 Å². The Morgan fingerprint density at radius 1 is 1.58 bits per heavy atom. The van der Waals surface area contributed by atoms with Crippen LogP contribution in [0, 0.1) is 10.1 Å². The summed E-state index contributed by atoms with van der Waals surface area (Å²) in [7, 11) is 0. The van der Waals surface area contributed by atoms with Gasteiger partial charge in [0.1, 0.15) is 12.0 Å². The van der Waals surface area contributed by atoms with E-state index in [0.29, 0.717) is 18.9 Å². The Hall–Kier alpha value is -2.22. The normalized spacial score (nSPS) is 19.2. The molecule has 0 radical (unpaired) electrons. The predicted octanol–water partition coefficient (Wildman–Crippen LogP) is 0.0162. The van der Waals surface area contributed by atoms with E-state index in [1.165, 1.54) is 0 Å². The number of hydrogen-bond donors (Lipinski definition) is 2. The molecule has 19 heavy (non-hydrogen) atoms. The van der Waals surface area contributed by atoms with Crippen LogP contribution in [0.3, 0.4) is 0 Å². The first-order valence-corrected chi connectivity index (χ1v) is 5.94. The lowest BCUT2D eigenvalue weighted by Crippen LogP contribution is -2.44. The number of nitrogens with zero attached hydrogens (tertiary/aromatic N) is 3. The molecule has 1 amide bonds.